The molecule has 138 valence electrons. The van der Waals surface area contributed by atoms with E-state index in [1.54, 1.807) is 7.11 Å². The number of ether oxygens (including phenoxy) is 1. The lowest BCUT2D eigenvalue weighted by Gasteiger charge is -2.19. The smallest absolute Gasteiger partial charge is 0.132 e. The summed E-state index contributed by atoms with van der Waals surface area (Å²) in [4.78, 5) is 11.2. The maximum Gasteiger partial charge on any atom is 0.132 e. The van der Waals surface area contributed by atoms with E-state index in [9.17, 15) is 0 Å². The number of benzene rings is 1. The molecule has 27 heavy (non-hydrogen) atoms. The van der Waals surface area contributed by atoms with Crippen LogP contribution in [0.1, 0.15) is 11.1 Å². The van der Waals surface area contributed by atoms with Crippen molar-refractivity contribution in [1.82, 2.24) is 14.9 Å². The third-order valence-corrected chi connectivity index (χ3v) is 4.60. The molecule has 0 saturated carbocycles. The van der Waals surface area contributed by atoms with E-state index < -0.39 is 0 Å². The van der Waals surface area contributed by atoms with Crippen molar-refractivity contribution in [2.24, 2.45) is 0 Å². The van der Waals surface area contributed by atoms with Gasteiger partial charge in [-0.3, -0.25) is 9.88 Å². The van der Waals surface area contributed by atoms with Crippen LogP contribution in [0.3, 0.4) is 0 Å². The molecular weight excluding hydrogens is 338 g/mol. The summed E-state index contributed by atoms with van der Waals surface area (Å²) in [6.07, 6.45) is 5.69. The molecule has 6 nitrogen and oxygen atoms in total. The van der Waals surface area contributed by atoms with Gasteiger partial charge in [0.2, 0.25) is 0 Å². The minimum Gasteiger partial charge on any atom is -0.497 e. The molecule has 3 aromatic rings. The molecular formula is C21H23N5O. The Balaban J connectivity index is 1.48. The first-order chi connectivity index (χ1) is 13.3. The highest BCUT2D eigenvalue weighted by Crippen LogP contribution is 2.26. The average Bonchev–Trinajstić information content (AvgIpc) is 2.90. The van der Waals surface area contributed by atoms with Gasteiger partial charge in [0.1, 0.15) is 11.6 Å². The maximum absolute atomic E-state index is 5.28. The molecule has 1 aliphatic heterocycles. The largest absolute Gasteiger partial charge is 0.497 e. The first kappa shape index (κ1) is 17.3. The van der Waals surface area contributed by atoms with E-state index in [1.165, 1.54) is 11.1 Å². The van der Waals surface area contributed by atoms with Gasteiger partial charge in [-0.05, 0) is 23.8 Å². The van der Waals surface area contributed by atoms with Crippen LogP contribution in [0, 0.1) is 0 Å². The van der Waals surface area contributed by atoms with Crippen molar-refractivity contribution in [3.8, 4) is 5.75 Å². The SMILES string of the molecule is COc1cccc(Nc2cc3c(cn2)CN(Cc2cccnc2)CCN3)c1. The fourth-order valence-corrected chi connectivity index (χ4v) is 3.24. The van der Waals surface area contributed by atoms with Gasteiger partial charge in [-0.15, -0.1) is 0 Å². The zero-order chi connectivity index (χ0) is 18.5. The fraction of sp³-hybridized carbons (Fsp3) is 0.238. The first-order valence-electron chi connectivity index (χ1n) is 9.05. The standard InChI is InChI=1S/C21H23N5O/c1-27-19-6-2-5-18(10-19)25-21-11-20-17(13-24-21)15-26(9-8-23-20)14-16-4-3-7-22-12-16/h2-7,10-13,23H,8-9,14-15H2,1H3,(H,24,25). The van der Waals surface area contributed by atoms with Crippen molar-refractivity contribution >= 4 is 17.2 Å². The minimum absolute atomic E-state index is 0.815. The second-order valence-electron chi connectivity index (χ2n) is 6.58. The molecule has 0 aliphatic carbocycles. The van der Waals surface area contributed by atoms with Crippen LogP contribution in [-0.4, -0.2) is 35.1 Å². The van der Waals surface area contributed by atoms with Crippen molar-refractivity contribution in [2.75, 3.05) is 30.8 Å². The van der Waals surface area contributed by atoms with Gasteiger partial charge < -0.3 is 15.4 Å². The van der Waals surface area contributed by atoms with Gasteiger partial charge in [-0.1, -0.05) is 12.1 Å². The van der Waals surface area contributed by atoms with E-state index in [0.29, 0.717) is 0 Å². The number of fused-ring (bicyclic) bond motifs is 1. The number of nitrogens with one attached hydrogen (secondary N) is 2. The van der Waals surface area contributed by atoms with Crippen LogP contribution in [-0.2, 0) is 13.1 Å². The minimum atomic E-state index is 0.815. The molecule has 0 bridgehead atoms. The Bertz CT molecular complexity index is 900. The number of anilines is 3. The summed E-state index contributed by atoms with van der Waals surface area (Å²) in [6.45, 7) is 3.63. The zero-order valence-electron chi connectivity index (χ0n) is 15.4. The molecule has 3 heterocycles. The molecule has 0 fully saturated rings. The van der Waals surface area contributed by atoms with Crippen LogP contribution < -0.4 is 15.4 Å². The second-order valence-corrected chi connectivity index (χ2v) is 6.58. The predicted octanol–water partition coefficient (Wildman–Crippen LogP) is 3.66. The molecule has 0 amide bonds. The van der Waals surface area contributed by atoms with Crippen LogP contribution in [0.4, 0.5) is 17.2 Å². The highest BCUT2D eigenvalue weighted by molar-refractivity contribution is 5.64. The second kappa shape index (κ2) is 8.05. The summed E-state index contributed by atoms with van der Waals surface area (Å²) >= 11 is 0. The maximum atomic E-state index is 5.28. The van der Waals surface area contributed by atoms with Crippen LogP contribution in [0.2, 0.25) is 0 Å². The summed E-state index contributed by atoms with van der Waals surface area (Å²) in [5.74, 6) is 1.63. The van der Waals surface area contributed by atoms with Gasteiger partial charge in [-0.25, -0.2) is 4.98 Å². The Kier molecular flexibility index (Phi) is 5.16. The summed E-state index contributed by atoms with van der Waals surface area (Å²) in [6, 6.07) is 14.0. The van der Waals surface area contributed by atoms with Gasteiger partial charge >= 0.3 is 0 Å². The quantitative estimate of drug-likeness (QED) is 0.723. The molecule has 4 rings (SSSR count). The molecule has 2 N–H and O–H groups in total. The Labute approximate surface area is 159 Å². The Hall–Kier alpha value is -3.12. The fourth-order valence-electron chi connectivity index (χ4n) is 3.24. The highest BCUT2D eigenvalue weighted by atomic mass is 16.5. The van der Waals surface area contributed by atoms with Crippen LogP contribution in [0.5, 0.6) is 5.75 Å². The summed E-state index contributed by atoms with van der Waals surface area (Å²) in [7, 11) is 1.67. The molecule has 0 spiro atoms. The van der Waals surface area contributed by atoms with E-state index in [4.69, 9.17) is 4.74 Å². The normalized spacial score (nSPS) is 14.0. The number of hydrogen-bond acceptors (Lipinski definition) is 6. The molecule has 0 atom stereocenters. The van der Waals surface area contributed by atoms with Crippen molar-refractivity contribution < 1.29 is 4.74 Å². The van der Waals surface area contributed by atoms with Crippen LogP contribution in [0.25, 0.3) is 0 Å². The zero-order valence-corrected chi connectivity index (χ0v) is 15.4. The van der Waals surface area contributed by atoms with E-state index in [1.807, 2.05) is 48.9 Å². The first-order valence-corrected chi connectivity index (χ1v) is 9.05. The van der Waals surface area contributed by atoms with Gasteiger partial charge in [-0.2, -0.15) is 0 Å². The number of rotatable bonds is 5. The molecule has 1 aliphatic rings. The van der Waals surface area contributed by atoms with Crippen molar-refractivity contribution in [3.63, 3.8) is 0 Å². The lowest BCUT2D eigenvalue weighted by Crippen LogP contribution is -2.25. The molecule has 6 heteroatoms. The van der Waals surface area contributed by atoms with Gasteiger partial charge in [0.05, 0.1) is 7.11 Å². The van der Waals surface area contributed by atoms with E-state index in [0.717, 1.165) is 49.1 Å². The Morgan fingerprint density at radius 3 is 3.00 bits per heavy atom. The third-order valence-electron chi connectivity index (χ3n) is 4.60. The number of pyridine rings is 2. The third kappa shape index (κ3) is 4.35. The summed E-state index contributed by atoms with van der Waals surface area (Å²) < 4.78 is 5.28. The van der Waals surface area contributed by atoms with Crippen molar-refractivity contribution in [2.45, 2.75) is 13.1 Å². The summed E-state index contributed by atoms with van der Waals surface area (Å²) in [5, 5.41) is 6.87. The lowest BCUT2D eigenvalue weighted by molar-refractivity contribution is 0.271. The van der Waals surface area contributed by atoms with Crippen molar-refractivity contribution in [1.29, 1.82) is 0 Å². The molecule has 2 aromatic heterocycles. The van der Waals surface area contributed by atoms with E-state index >= 15 is 0 Å². The van der Waals surface area contributed by atoms with Gasteiger partial charge in [0, 0.05) is 73.8 Å². The van der Waals surface area contributed by atoms with E-state index in [2.05, 4.69) is 37.6 Å². The topological polar surface area (TPSA) is 62.3 Å². The molecule has 1 aromatic carbocycles. The van der Waals surface area contributed by atoms with Gasteiger partial charge in [0.15, 0.2) is 0 Å². The number of nitrogens with zero attached hydrogens (tertiary/aromatic N) is 3. The van der Waals surface area contributed by atoms with Gasteiger partial charge in [0.25, 0.3) is 0 Å². The van der Waals surface area contributed by atoms with Crippen LogP contribution in [0.15, 0.2) is 61.1 Å². The number of aromatic nitrogens is 2. The number of methoxy groups -OCH3 is 1. The molecule has 0 unspecified atom stereocenters. The molecule has 0 radical (unpaired) electrons. The molecule has 0 saturated heterocycles. The van der Waals surface area contributed by atoms with Crippen molar-refractivity contribution in [3.05, 3.63) is 72.2 Å². The lowest BCUT2D eigenvalue weighted by atomic mass is 10.2. The van der Waals surface area contributed by atoms with Crippen LogP contribution >= 0.6 is 0 Å². The number of hydrogen-bond donors (Lipinski definition) is 2. The average molecular weight is 361 g/mol. The summed E-state index contributed by atoms with van der Waals surface area (Å²) in [5.41, 5.74) is 4.51. The Morgan fingerprint density at radius 2 is 2.15 bits per heavy atom. The predicted molar refractivity (Wildman–Crippen MR) is 107 cm³/mol. The Morgan fingerprint density at radius 1 is 1.19 bits per heavy atom. The highest BCUT2D eigenvalue weighted by Gasteiger charge is 2.15. The van der Waals surface area contributed by atoms with E-state index in [-0.39, 0.29) is 0 Å². The monoisotopic (exact) mass is 361 g/mol.